The average molecular weight is 220 g/mol. The van der Waals surface area contributed by atoms with Crippen LogP contribution in [0.5, 0.6) is 0 Å². The molecule has 1 aliphatic rings. The number of alkyl halides is 1. The molecule has 4 nitrogen and oxygen atoms in total. The summed E-state index contributed by atoms with van der Waals surface area (Å²) in [5, 5.41) is 8.58. The van der Waals surface area contributed by atoms with Crippen LogP contribution in [0.3, 0.4) is 0 Å². The Kier molecular flexibility index (Phi) is 5.75. The van der Waals surface area contributed by atoms with Crippen molar-refractivity contribution in [2.24, 2.45) is 5.73 Å². The molecule has 1 amide bonds. The van der Waals surface area contributed by atoms with Crippen molar-refractivity contribution < 1.29 is 14.3 Å². The van der Waals surface area contributed by atoms with Gasteiger partial charge >= 0.3 is 0 Å². The number of nitrogens with two attached hydrogens (primary N) is 1. The molecule has 1 fully saturated rings. The van der Waals surface area contributed by atoms with Gasteiger partial charge in [0, 0.05) is 12.6 Å². The first-order valence-corrected chi connectivity index (χ1v) is 5.30. The van der Waals surface area contributed by atoms with Crippen LogP contribution in [0.1, 0.15) is 27.2 Å². The standard InChI is InChI=1S/C8H15FN2O2.C2H6/c1-8(9)5-11(7(13)4-12)3-2-6(8)10;1-2/h6,12H,2-5,10H2,1H3;1-2H3. The number of nitrogens with zero attached hydrogens (tertiary/aromatic N) is 1. The van der Waals surface area contributed by atoms with Crippen LogP contribution in [-0.2, 0) is 4.79 Å². The Morgan fingerprint density at radius 3 is 2.60 bits per heavy atom. The fourth-order valence-corrected chi connectivity index (χ4v) is 1.48. The molecule has 1 aliphatic heterocycles. The Hall–Kier alpha value is -0.680. The summed E-state index contributed by atoms with van der Waals surface area (Å²) in [4.78, 5) is 12.3. The summed E-state index contributed by atoms with van der Waals surface area (Å²) in [6.07, 6.45) is 0.443. The van der Waals surface area contributed by atoms with Gasteiger partial charge in [-0.25, -0.2) is 4.39 Å². The first kappa shape index (κ1) is 14.3. The lowest BCUT2D eigenvalue weighted by Gasteiger charge is -2.39. The number of aliphatic hydroxyl groups excluding tert-OH is 1. The molecule has 1 saturated heterocycles. The van der Waals surface area contributed by atoms with Crippen molar-refractivity contribution in [3.8, 4) is 0 Å². The number of amides is 1. The first-order chi connectivity index (χ1) is 6.97. The Morgan fingerprint density at radius 2 is 2.20 bits per heavy atom. The van der Waals surface area contributed by atoms with E-state index < -0.39 is 24.2 Å². The highest BCUT2D eigenvalue weighted by molar-refractivity contribution is 5.77. The second-order valence-electron chi connectivity index (χ2n) is 3.65. The molecule has 2 unspecified atom stereocenters. The van der Waals surface area contributed by atoms with E-state index in [0.29, 0.717) is 13.0 Å². The second-order valence-corrected chi connectivity index (χ2v) is 3.65. The number of halogens is 1. The minimum Gasteiger partial charge on any atom is -0.387 e. The number of hydrogen-bond acceptors (Lipinski definition) is 3. The van der Waals surface area contributed by atoms with Gasteiger partial charge in [-0.1, -0.05) is 13.8 Å². The molecular weight excluding hydrogens is 199 g/mol. The lowest BCUT2D eigenvalue weighted by Crippen LogP contribution is -2.57. The number of carbonyl (C=O) groups is 1. The molecule has 90 valence electrons. The first-order valence-electron chi connectivity index (χ1n) is 5.30. The molecule has 0 radical (unpaired) electrons. The number of aliphatic hydroxyl groups is 1. The second kappa shape index (κ2) is 6.02. The predicted molar refractivity (Wildman–Crippen MR) is 57.1 cm³/mol. The van der Waals surface area contributed by atoms with E-state index in [4.69, 9.17) is 10.8 Å². The van der Waals surface area contributed by atoms with Crippen molar-refractivity contribution in [3.05, 3.63) is 0 Å². The monoisotopic (exact) mass is 220 g/mol. The Balaban J connectivity index is 0.000000921. The Morgan fingerprint density at radius 1 is 1.67 bits per heavy atom. The van der Waals surface area contributed by atoms with Crippen molar-refractivity contribution in [1.29, 1.82) is 0 Å². The van der Waals surface area contributed by atoms with Gasteiger partial charge in [-0.05, 0) is 13.3 Å². The van der Waals surface area contributed by atoms with Crippen LogP contribution in [0.25, 0.3) is 0 Å². The molecule has 0 bridgehead atoms. The van der Waals surface area contributed by atoms with Gasteiger partial charge in [0.25, 0.3) is 0 Å². The van der Waals surface area contributed by atoms with Crippen molar-refractivity contribution in [2.45, 2.75) is 38.9 Å². The van der Waals surface area contributed by atoms with Gasteiger partial charge < -0.3 is 15.7 Å². The van der Waals surface area contributed by atoms with Crippen LogP contribution in [0, 0.1) is 0 Å². The quantitative estimate of drug-likeness (QED) is 0.667. The molecule has 0 aromatic rings. The van der Waals surface area contributed by atoms with Gasteiger partial charge in [0.2, 0.25) is 5.91 Å². The Labute approximate surface area is 90.2 Å². The zero-order chi connectivity index (χ0) is 12.1. The predicted octanol–water partition coefficient (Wildman–Crippen LogP) is 0.293. The summed E-state index contributed by atoms with van der Waals surface area (Å²) in [7, 11) is 0. The van der Waals surface area contributed by atoms with Crippen molar-refractivity contribution in [3.63, 3.8) is 0 Å². The van der Waals surface area contributed by atoms with E-state index in [1.54, 1.807) is 0 Å². The van der Waals surface area contributed by atoms with E-state index in [2.05, 4.69) is 0 Å². The molecule has 3 N–H and O–H groups in total. The number of rotatable bonds is 1. The van der Waals surface area contributed by atoms with Gasteiger partial charge in [0.05, 0.1) is 6.54 Å². The maximum absolute atomic E-state index is 13.6. The molecule has 0 spiro atoms. The molecular formula is C10H21FN2O2. The third-order valence-electron chi connectivity index (χ3n) is 2.47. The largest absolute Gasteiger partial charge is 0.387 e. The zero-order valence-corrected chi connectivity index (χ0v) is 9.66. The third-order valence-corrected chi connectivity index (χ3v) is 2.47. The minimum absolute atomic E-state index is 0.0203. The summed E-state index contributed by atoms with van der Waals surface area (Å²) < 4.78 is 13.6. The van der Waals surface area contributed by atoms with Crippen molar-refractivity contribution >= 4 is 5.91 Å². The average Bonchev–Trinajstić information content (AvgIpc) is 2.24. The zero-order valence-electron chi connectivity index (χ0n) is 9.66. The highest BCUT2D eigenvalue weighted by atomic mass is 19.1. The van der Waals surface area contributed by atoms with E-state index in [0.717, 1.165) is 0 Å². The number of carbonyl (C=O) groups excluding carboxylic acids is 1. The molecule has 5 heteroatoms. The molecule has 2 atom stereocenters. The molecule has 1 heterocycles. The van der Waals surface area contributed by atoms with Gasteiger partial charge in [0.1, 0.15) is 12.3 Å². The molecule has 1 rings (SSSR count). The smallest absolute Gasteiger partial charge is 0.248 e. The van der Waals surface area contributed by atoms with E-state index in [1.807, 2.05) is 13.8 Å². The highest BCUT2D eigenvalue weighted by Gasteiger charge is 2.38. The molecule has 0 aromatic heterocycles. The van der Waals surface area contributed by atoms with E-state index in [1.165, 1.54) is 11.8 Å². The molecule has 15 heavy (non-hydrogen) atoms. The third kappa shape index (κ3) is 3.76. The number of likely N-dealkylation sites (tertiary alicyclic amines) is 1. The van der Waals surface area contributed by atoms with Crippen molar-refractivity contribution in [2.75, 3.05) is 19.7 Å². The normalized spacial score (nSPS) is 30.5. The summed E-state index contributed by atoms with van der Waals surface area (Å²) in [5.74, 6) is -0.434. The molecule has 0 aromatic carbocycles. The number of hydrogen-bond donors (Lipinski definition) is 2. The van der Waals surface area contributed by atoms with Gasteiger partial charge in [-0.2, -0.15) is 0 Å². The van der Waals surface area contributed by atoms with Gasteiger partial charge in [0.15, 0.2) is 0 Å². The van der Waals surface area contributed by atoms with Crippen LogP contribution in [0.2, 0.25) is 0 Å². The number of piperidine rings is 1. The Bertz CT molecular complexity index is 210. The van der Waals surface area contributed by atoms with Crippen LogP contribution in [0.4, 0.5) is 4.39 Å². The molecule has 0 aliphatic carbocycles. The van der Waals surface area contributed by atoms with E-state index in [-0.39, 0.29) is 6.54 Å². The van der Waals surface area contributed by atoms with E-state index in [9.17, 15) is 9.18 Å². The van der Waals surface area contributed by atoms with Gasteiger partial charge in [-0.3, -0.25) is 4.79 Å². The van der Waals surface area contributed by atoms with Crippen LogP contribution in [0.15, 0.2) is 0 Å². The van der Waals surface area contributed by atoms with Gasteiger partial charge in [-0.15, -0.1) is 0 Å². The van der Waals surface area contributed by atoms with Crippen molar-refractivity contribution in [1.82, 2.24) is 4.90 Å². The highest BCUT2D eigenvalue weighted by Crippen LogP contribution is 2.23. The maximum atomic E-state index is 13.6. The molecule has 0 saturated carbocycles. The summed E-state index contributed by atoms with van der Waals surface area (Å²) in [6.45, 7) is 5.23. The maximum Gasteiger partial charge on any atom is 0.248 e. The lowest BCUT2D eigenvalue weighted by atomic mass is 9.91. The minimum atomic E-state index is -1.54. The lowest BCUT2D eigenvalue weighted by molar-refractivity contribution is -0.138. The van der Waals surface area contributed by atoms with Crippen LogP contribution >= 0.6 is 0 Å². The van der Waals surface area contributed by atoms with Crippen LogP contribution < -0.4 is 5.73 Å². The summed E-state index contributed by atoms with van der Waals surface area (Å²) >= 11 is 0. The topological polar surface area (TPSA) is 66.6 Å². The summed E-state index contributed by atoms with van der Waals surface area (Å²) in [6, 6.07) is -0.518. The fraction of sp³-hybridized carbons (Fsp3) is 0.900. The summed E-state index contributed by atoms with van der Waals surface area (Å²) in [5.41, 5.74) is 4.00. The SMILES string of the molecule is CC.CC1(F)CN(C(=O)CO)CCC1N. The van der Waals surface area contributed by atoms with E-state index >= 15 is 0 Å². The van der Waals surface area contributed by atoms with Crippen LogP contribution in [-0.4, -0.2) is 47.3 Å². The fourth-order valence-electron chi connectivity index (χ4n) is 1.48.